The van der Waals surface area contributed by atoms with E-state index in [0.29, 0.717) is 17.5 Å². The first-order valence-corrected chi connectivity index (χ1v) is 8.22. The lowest BCUT2D eigenvalue weighted by Crippen LogP contribution is -2.47. The summed E-state index contributed by atoms with van der Waals surface area (Å²) in [4.78, 5) is 3.99. The molecule has 0 bridgehead atoms. The van der Waals surface area contributed by atoms with Gasteiger partial charge < -0.3 is 5.11 Å². The third-order valence-corrected chi connectivity index (χ3v) is 5.68. The van der Waals surface area contributed by atoms with Crippen LogP contribution in [0.4, 0.5) is 0 Å². The van der Waals surface area contributed by atoms with Gasteiger partial charge in [0, 0.05) is 10.4 Å². The van der Waals surface area contributed by atoms with Crippen LogP contribution in [0, 0.1) is 11.3 Å². The molecule has 5 heteroatoms. The second-order valence-electron chi connectivity index (χ2n) is 7.00. The largest absolute Gasteiger partial charge is 0.383 e. The quantitative estimate of drug-likeness (QED) is 0.930. The van der Waals surface area contributed by atoms with Crippen LogP contribution in [0.15, 0.2) is 42.5 Å². The maximum Gasteiger partial charge on any atom is 0.137 e. The molecule has 23 heavy (non-hydrogen) atoms. The number of halogens is 1. The van der Waals surface area contributed by atoms with Crippen LogP contribution >= 0.6 is 11.6 Å². The summed E-state index contributed by atoms with van der Waals surface area (Å²) in [5.74, 6) is 0.370. The molecule has 1 aromatic heterocycles. The van der Waals surface area contributed by atoms with Gasteiger partial charge in [-0.05, 0) is 35.6 Å². The lowest BCUT2D eigenvalue weighted by Gasteiger charge is -2.39. The highest BCUT2D eigenvalue weighted by molar-refractivity contribution is 6.30. The highest BCUT2D eigenvalue weighted by Crippen LogP contribution is 2.54. The van der Waals surface area contributed by atoms with Gasteiger partial charge in [0.05, 0.1) is 6.54 Å². The molecule has 1 aliphatic rings. The molecule has 1 N–H and O–H groups in total. The van der Waals surface area contributed by atoms with Gasteiger partial charge in [0.1, 0.15) is 18.3 Å². The molecule has 0 aliphatic heterocycles. The van der Waals surface area contributed by atoms with Gasteiger partial charge in [-0.15, -0.1) is 0 Å². The minimum absolute atomic E-state index is 0.253. The van der Waals surface area contributed by atoms with Gasteiger partial charge in [0.25, 0.3) is 0 Å². The average molecular weight is 332 g/mol. The Hall–Kier alpha value is -1.65. The molecular weight excluding hydrogens is 310 g/mol. The van der Waals surface area contributed by atoms with E-state index in [1.807, 2.05) is 24.3 Å². The lowest BCUT2D eigenvalue weighted by molar-refractivity contribution is -0.0463. The Morgan fingerprint density at radius 2 is 2.04 bits per heavy atom. The summed E-state index contributed by atoms with van der Waals surface area (Å²) in [5, 5.41) is 16.4. The standard InChI is InChI=1S/C18H22ClN3O/c1-13-8-15(9-14-4-6-16(19)7-5-14)18(23,17(13,2)3)10-22-12-20-11-21-22/h4-7,9,11-13,23H,8,10H2,1-3H3. The number of rotatable bonds is 3. The van der Waals surface area contributed by atoms with Crippen LogP contribution in [0.3, 0.4) is 0 Å². The fraction of sp³-hybridized carbons (Fsp3) is 0.444. The van der Waals surface area contributed by atoms with E-state index >= 15 is 0 Å². The molecule has 0 radical (unpaired) electrons. The molecule has 3 rings (SSSR count). The third kappa shape index (κ3) is 2.81. The Balaban J connectivity index is 2.01. The van der Waals surface area contributed by atoms with Crippen LogP contribution in [0.5, 0.6) is 0 Å². The number of nitrogens with zero attached hydrogens (tertiary/aromatic N) is 3. The number of benzene rings is 1. The van der Waals surface area contributed by atoms with Crippen LogP contribution in [-0.4, -0.2) is 25.5 Å². The van der Waals surface area contributed by atoms with Gasteiger partial charge in [0.2, 0.25) is 0 Å². The molecule has 0 amide bonds. The molecular formula is C18H22ClN3O. The number of hydrogen-bond acceptors (Lipinski definition) is 3. The van der Waals surface area contributed by atoms with Gasteiger partial charge >= 0.3 is 0 Å². The maximum atomic E-state index is 11.6. The van der Waals surface area contributed by atoms with E-state index in [9.17, 15) is 5.11 Å². The minimum Gasteiger partial charge on any atom is -0.383 e. The molecule has 4 nitrogen and oxygen atoms in total. The van der Waals surface area contributed by atoms with Crippen molar-refractivity contribution in [2.75, 3.05) is 0 Å². The monoisotopic (exact) mass is 331 g/mol. The van der Waals surface area contributed by atoms with E-state index in [4.69, 9.17) is 11.6 Å². The van der Waals surface area contributed by atoms with Gasteiger partial charge in [-0.3, -0.25) is 0 Å². The topological polar surface area (TPSA) is 50.9 Å². The summed E-state index contributed by atoms with van der Waals surface area (Å²) < 4.78 is 1.70. The maximum absolute atomic E-state index is 11.6. The third-order valence-electron chi connectivity index (χ3n) is 5.42. The fourth-order valence-electron chi connectivity index (χ4n) is 3.37. The summed E-state index contributed by atoms with van der Waals surface area (Å²) in [6.45, 7) is 6.84. The molecule has 1 aromatic carbocycles. The lowest BCUT2D eigenvalue weighted by atomic mass is 9.72. The van der Waals surface area contributed by atoms with Crippen molar-refractivity contribution in [3.8, 4) is 0 Å². The zero-order valence-corrected chi connectivity index (χ0v) is 14.5. The van der Waals surface area contributed by atoms with E-state index in [1.54, 1.807) is 11.0 Å². The first-order valence-electron chi connectivity index (χ1n) is 7.84. The predicted octanol–water partition coefficient (Wildman–Crippen LogP) is 3.81. The summed E-state index contributed by atoms with van der Waals surface area (Å²) >= 11 is 5.96. The van der Waals surface area contributed by atoms with E-state index in [2.05, 4.69) is 36.9 Å². The smallest absolute Gasteiger partial charge is 0.137 e. The fourth-order valence-corrected chi connectivity index (χ4v) is 3.49. The second-order valence-corrected chi connectivity index (χ2v) is 7.44. The molecule has 2 atom stereocenters. The molecule has 1 aliphatic carbocycles. The van der Waals surface area contributed by atoms with Crippen LogP contribution in [0.25, 0.3) is 6.08 Å². The Morgan fingerprint density at radius 1 is 1.35 bits per heavy atom. The van der Waals surface area contributed by atoms with E-state index in [0.717, 1.165) is 17.6 Å². The number of aliphatic hydroxyl groups is 1. The summed E-state index contributed by atoms with van der Waals surface area (Å²) in [5.41, 5.74) is 0.871. The van der Waals surface area contributed by atoms with Gasteiger partial charge in [-0.25, -0.2) is 9.67 Å². The van der Waals surface area contributed by atoms with E-state index < -0.39 is 5.60 Å². The van der Waals surface area contributed by atoms with Crippen molar-refractivity contribution in [1.29, 1.82) is 0 Å². The van der Waals surface area contributed by atoms with Crippen LogP contribution < -0.4 is 0 Å². The number of hydrogen-bond donors (Lipinski definition) is 1. The van der Waals surface area contributed by atoms with Gasteiger partial charge in [-0.2, -0.15) is 5.10 Å². The number of aromatic nitrogens is 3. The van der Waals surface area contributed by atoms with Crippen molar-refractivity contribution < 1.29 is 5.11 Å². The van der Waals surface area contributed by atoms with Crippen LogP contribution in [-0.2, 0) is 6.54 Å². The normalized spacial score (nSPS) is 28.4. The molecule has 1 heterocycles. The molecule has 122 valence electrons. The Kier molecular flexibility index (Phi) is 4.07. The highest BCUT2D eigenvalue weighted by atomic mass is 35.5. The summed E-state index contributed by atoms with van der Waals surface area (Å²) in [6, 6.07) is 7.68. The minimum atomic E-state index is -0.959. The molecule has 0 saturated heterocycles. The van der Waals surface area contributed by atoms with Crippen molar-refractivity contribution in [2.24, 2.45) is 11.3 Å². The summed E-state index contributed by atoms with van der Waals surface area (Å²) in [7, 11) is 0. The van der Waals surface area contributed by atoms with E-state index in [-0.39, 0.29) is 5.41 Å². The zero-order valence-electron chi connectivity index (χ0n) is 13.7. The molecule has 1 fully saturated rings. The Labute approximate surface area is 141 Å². The molecule has 2 aromatic rings. The van der Waals surface area contributed by atoms with Gasteiger partial charge in [0.15, 0.2) is 0 Å². The molecule has 1 saturated carbocycles. The highest BCUT2D eigenvalue weighted by Gasteiger charge is 2.55. The first-order chi connectivity index (χ1) is 10.8. The Bertz CT molecular complexity index is 706. The van der Waals surface area contributed by atoms with E-state index in [1.165, 1.54) is 6.33 Å². The van der Waals surface area contributed by atoms with Crippen molar-refractivity contribution >= 4 is 17.7 Å². The van der Waals surface area contributed by atoms with Gasteiger partial charge in [-0.1, -0.05) is 50.6 Å². The molecule has 0 spiro atoms. The predicted molar refractivity (Wildman–Crippen MR) is 92.0 cm³/mol. The van der Waals surface area contributed by atoms with Crippen molar-refractivity contribution in [2.45, 2.75) is 39.3 Å². The van der Waals surface area contributed by atoms with Crippen molar-refractivity contribution in [3.63, 3.8) is 0 Å². The zero-order chi connectivity index (χ0) is 16.7. The average Bonchev–Trinajstić information content (AvgIpc) is 3.05. The molecule has 2 unspecified atom stereocenters. The van der Waals surface area contributed by atoms with Crippen LogP contribution in [0.2, 0.25) is 5.02 Å². The first kappa shape index (κ1) is 16.2. The summed E-state index contributed by atoms with van der Waals surface area (Å²) in [6.07, 6.45) is 6.09. The van der Waals surface area contributed by atoms with Crippen molar-refractivity contribution in [1.82, 2.24) is 14.8 Å². The SMILES string of the molecule is CC1CC(=Cc2ccc(Cl)cc2)C(O)(Cn2cncn2)C1(C)C. The van der Waals surface area contributed by atoms with Crippen molar-refractivity contribution in [3.05, 3.63) is 53.1 Å². The second kappa shape index (κ2) is 5.77. The van der Waals surface area contributed by atoms with Crippen LogP contribution in [0.1, 0.15) is 32.8 Å². The Morgan fingerprint density at radius 3 is 2.65 bits per heavy atom.